The minimum Gasteiger partial charge on any atom is -0.497 e. The summed E-state index contributed by atoms with van der Waals surface area (Å²) in [6.07, 6.45) is 0. The van der Waals surface area contributed by atoms with Crippen LogP contribution in [0.5, 0.6) is 11.5 Å². The van der Waals surface area contributed by atoms with Crippen molar-refractivity contribution in [1.82, 2.24) is 10.2 Å². The third-order valence-corrected chi connectivity index (χ3v) is 6.90. The van der Waals surface area contributed by atoms with Gasteiger partial charge in [-0.2, -0.15) is 0 Å². The molecular formula is C26H25ClN2O4S. The van der Waals surface area contributed by atoms with Gasteiger partial charge >= 0.3 is 0 Å². The Balaban J connectivity index is 1.31. The van der Waals surface area contributed by atoms with Crippen molar-refractivity contribution in [3.63, 3.8) is 0 Å². The molecule has 8 heteroatoms. The average molecular weight is 497 g/mol. The average Bonchev–Trinajstić information content (AvgIpc) is 3.23. The normalized spacial score (nSPS) is 15.3. The van der Waals surface area contributed by atoms with Crippen LogP contribution in [0.3, 0.4) is 0 Å². The number of methoxy groups -OCH3 is 1. The summed E-state index contributed by atoms with van der Waals surface area (Å²) >= 11 is 7.56. The highest BCUT2D eigenvalue weighted by Gasteiger charge is 2.32. The van der Waals surface area contributed by atoms with Crippen molar-refractivity contribution in [1.29, 1.82) is 0 Å². The van der Waals surface area contributed by atoms with Crippen LogP contribution in [0.15, 0.2) is 72.8 Å². The number of amides is 2. The number of benzene rings is 3. The number of nitrogens with one attached hydrogen (secondary N) is 1. The van der Waals surface area contributed by atoms with Crippen molar-refractivity contribution in [3.05, 3.63) is 94.5 Å². The van der Waals surface area contributed by atoms with Gasteiger partial charge in [0, 0.05) is 23.2 Å². The van der Waals surface area contributed by atoms with E-state index in [-0.39, 0.29) is 17.2 Å². The number of halogens is 1. The minimum atomic E-state index is -0.172. The van der Waals surface area contributed by atoms with E-state index in [1.807, 2.05) is 59.5 Å². The molecule has 1 saturated heterocycles. The molecule has 0 bridgehead atoms. The summed E-state index contributed by atoms with van der Waals surface area (Å²) in [7, 11) is 1.60. The van der Waals surface area contributed by atoms with Crippen LogP contribution in [0, 0.1) is 0 Å². The number of thioether (sulfide) groups is 1. The quantitative estimate of drug-likeness (QED) is 0.425. The van der Waals surface area contributed by atoms with Gasteiger partial charge < -0.3 is 19.7 Å². The summed E-state index contributed by atoms with van der Waals surface area (Å²) in [6.45, 7) is 1.24. The summed E-state index contributed by atoms with van der Waals surface area (Å²) < 4.78 is 10.8. The zero-order valence-corrected chi connectivity index (χ0v) is 20.3. The molecule has 0 spiro atoms. The molecule has 0 aliphatic carbocycles. The van der Waals surface area contributed by atoms with Crippen LogP contribution in [-0.4, -0.2) is 42.7 Å². The maximum atomic E-state index is 12.5. The van der Waals surface area contributed by atoms with Gasteiger partial charge in [0.05, 0.1) is 19.4 Å². The van der Waals surface area contributed by atoms with Gasteiger partial charge in [0.25, 0.3) is 5.91 Å². The lowest BCUT2D eigenvalue weighted by atomic mass is 10.1. The molecule has 0 radical (unpaired) electrons. The molecule has 2 amide bonds. The Morgan fingerprint density at radius 1 is 1.09 bits per heavy atom. The SMILES string of the molecule is COc1cccc(OCCNC(=O)c2ccc(C3SCC(=O)N3Cc3ccc(Cl)cc3)cc2)c1. The molecule has 3 aromatic rings. The van der Waals surface area contributed by atoms with Crippen LogP contribution in [0.25, 0.3) is 0 Å². The van der Waals surface area contributed by atoms with Crippen molar-refractivity contribution in [3.8, 4) is 11.5 Å². The van der Waals surface area contributed by atoms with E-state index >= 15 is 0 Å². The maximum absolute atomic E-state index is 12.5. The largest absolute Gasteiger partial charge is 0.497 e. The molecule has 1 N–H and O–H groups in total. The topological polar surface area (TPSA) is 67.9 Å². The fourth-order valence-corrected chi connectivity index (χ4v) is 4.93. The van der Waals surface area contributed by atoms with Crippen molar-refractivity contribution in [2.24, 2.45) is 0 Å². The van der Waals surface area contributed by atoms with E-state index in [0.29, 0.717) is 41.8 Å². The Labute approximate surface area is 208 Å². The van der Waals surface area contributed by atoms with Gasteiger partial charge in [-0.05, 0) is 47.5 Å². The lowest BCUT2D eigenvalue weighted by Gasteiger charge is -2.24. The molecule has 0 saturated carbocycles. The van der Waals surface area contributed by atoms with Crippen LogP contribution < -0.4 is 14.8 Å². The standard InChI is InChI=1S/C26H25ClN2O4S/c1-32-22-3-2-4-23(15-22)33-14-13-28-25(31)19-7-9-20(10-8-19)26-29(24(30)17-34-26)16-18-5-11-21(27)12-6-18/h2-12,15,26H,13-14,16-17H2,1H3,(H,28,31). The van der Waals surface area contributed by atoms with Crippen LogP contribution in [0.2, 0.25) is 5.02 Å². The summed E-state index contributed by atoms with van der Waals surface area (Å²) in [5, 5.41) is 3.45. The summed E-state index contributed by atoms with van der Waals surface area (Å²) in [6, 6.07) is 22.2. The molecule has 176 valence electrons. The predicted octanol–water partition coefficient (Wildman–Crippen LogP) is 4.93. The molecule has 1 heterocycles. The lowest BCUT2D eigenvalue weighted by Crippen LogP contribution is -2.28. The number of hydrogen-bond donors (Lipinski definition) is 1. The molecule has 1 aliphatic heterocycles. The monoisotopic (exact) mass is 496 g/mol. The van der Waals surface area contributed by atoms with Crippen molar-refractivity contribution >= 4 is 35.2 Å². The molecule has 1 fully saturated rings. The van der Waals surface area contributed by atoms with E-state index in [1.165, 1.54) is 0 Å². The first-order valence-corrected chi connectivity index (χ1v) is 12.3. The number of ether oxygens (including phenoxy) is 2. The number of hydrogen-bond acceptors (Lipinski definition) is 5. The van der Waals surface area contributed by atoms with Gasteiger partial charge in [-0.25, -0.2) is 0 Å². The Morgan fingerprint density at radius 2 is 1.82 bits per heavy atom. The minimum absolute atomic E-state index is 0.0865. The Morgan fingerprint density at radius 3 is 2.56 bits per heavy atom. The molecular weight excluding hydrogens is 472 g/mol. The summed E-state index contributed by atoms with van der Waals surface area (Å²) in [4.78, 5) is 26.9. The van der Waals surface area contributed by atoms with E-state index in [9.17, 15) is 9.59 Å². The van der Waals surface area contributed by atoms with Crippen LogP contribution >= 0.6 is 23.4 Å². The molecule has 1 atom stereocenters. The fraction of sp³-hybridized carbons (Fsp3) is 0.231. The zero-order valence-electron chi connectivity index (χ0n) is 18.7. The highest BCUT2D eigenvalue weighted by Crippen LogP contribution is 2.39. The predicted molar refractivity (Wildman–Crippen MR) is 134 cm³/mol. The zero-order chi connectivity index (χ0) is 23.9. The molecule has 34 heavy (non-hydrogen) atoms. The smallest absolute Gasteiger partial charge is 0.251 e. The third-order valence-electron chi connectivity index (χ3n) is 5.39. The lowest BCUT2D eigenvalue weighted by molar-refractivity contribution is -0.128. The number of carbonyl (C=O) groups is 2. The molecule has 1 unspecified atom stereocenters. The summed E-state index contributed by atoms with van der Waals surface area (Å²) in [5.41, 5.74) is 2.57. The van der Waals surface area contributed by atoms with E-state index < -0.39 is 0 Å². The highest BCUT2D eigenvalue weighted by molar-refractivity contribution is 8.00. The van der Waals surface area contributed by atoms with Crippen molar-refractivity contribution in [2.75, 3.05) is 26.0 Å². The van der Waals surface area contributed by atoms with Crippen molar-refractivity contribution in [2.45, 2.75) is 11.9 Å². The van der Waals surface area contributed by atoms with Crippen LogP contribution in [0.1, 0.15) is 26.9 Å². The van der Waals surface area contributed by atoms with E-state index in [2.05, 4.69) is 5.32 Å². The Hall–Kier alpha value is -3.16. The van der Waals surface area contributed by atoms with E-state index in [1.54, 1.807) is 37.1 Å². The van der Waals surface area contributed by atoms with E-state index in [4.69, 9.17) is 21.1 Å². The fourth-order valence-electron chi connectivity index (χ4n) is 3.61. The van der Waals surface area contributed by atoms with Crippen LogP contribution in [-0.2, 0) is 11.3 Å². The van der Waals surface area contributed by atoms with Gasteiger partial charge in [0.15, 0.2) is 0 Å². The first-order valence-electron chi connectivity index (χ1n) is 10.8. The molecule has 6 nitrogen and oxygen atoms in total. The molecule has 4 rings (SSSR count). The molecule has 0 aromatic heterocycles. The van der Waals surface area contributed by atoms with Crippen molar-refractivity contribution < 1.29 is 19.1 Å². The van der Waals surface area contributed by atoms with Crippen LogP contribution in [0.4, 0.5) is 0 Å². The van der Waals surface area contributed by atoms with Gasteiger partial charge in [0.1, 0.15) is 23.5 Å². The first kappa shape index (κ1) is 24.0. The first-order chi connectivity index (χ1) is 16.5. The van der Waals surface area contributed by atoms with Gasteiger partial charge in [-0.1, -0.05) is 41.9 Å². The third kappa shape index (κ3) is 6.04. The number of nitrogens with zero attached hydrogens (tertiary/aromatic N) is 1. The second-order valence-electron chi connectivity index (χ2n) is 7.72. The van der Waals surface area contributed by atoms with Gasteiger partial charge in [0.2, 0.25) is 5.91 Å². The van der Waals surface area contributed by atoms with Gasteiger partial charge in [-0.3, -0.25) is 9.59 Å². The maximum Gasteiger partial charge on any atom is 0.251 e. The molecule has 1 aliphatic rings. The molecule has 3 aromatic carbocycles. The number of rotatable bonds is 9. The second-order valence-corrected chi connectivity index (χ2v) is 9.22. The van der Waals surface area contributed by atoms with E-state index in [0.717, 1.165) is 16.9 Å². The number of carbonyl (C=O) groups excluding carboxylic acids is 2. The Kier molecular flexibility index (Phi) is 7.98. The van der Waals surface area contributed by atoms with Gasteiger partial charge in [-0.15, -0.1) is 11.8 Å². The summed E-state index contributed by atoms with van der Waals surface area (Å²) in [5.74, 6) is 1.77. The second kappa shape index (κ2) is 11.3. The Bertz CT molecular complexity index is 1140. The highest BCUT2D eigenvalue weighted by atomic mass is 35.5.